The van der Waals surface area contributed by atoms with Crippen molar-refractivity contribution in [3.05, 3.63) is 121 Å². The number of unbranched alkanes of at least 4 members (excludes halogenated alkanes) is 3. The van der Waals surface area contributed by atoms with Crippen molar-refractivity contribution in [2.75, 3.05) is 26.9 Å². The van der Waals surface area contributed by atoms with E-state index in [0.29, 0.717) is 12.6 Å². The molecule has 0 bridgehead atoms. The minimum Gasteiger partial charge on any atom is -0.251 e. The van der Waals surface area contributed by atoms with Gasteiger partial charge in [-0.25, -0.2) is 5.32 Å². The summed E-state index contributed by atoms with van der Waals surface area (Å²) >= 11 is 2.88. The number of nitrogens with two attached hydrogens (primary N) is 1. The third-order valence-corrected chi connectivity index (χ3v) is 19.8. The predicted molar refractivity (Wildman–Crippen MR) is 192 cm³/mol. The molecule has 1 aliphatic heterocycles. The maximum Gasteiger partial charge on any atom is -0.251 e. The summed E-state index contributed by atoms with van der Waals surface area (Å²) in [5.74, 6) is 2.10. The minimum absolute atomic E-state index is 0.230. The molecule has 1 atom stereocenters. The molecular formula is C35H42IN5OP+. The zero-order chi connectivity index (χ0) is 30.1. The van der Waals surface area contributed by atoms with Crippen molar-refractivity contribution in [3.63, 3.8) is 0 Å². The van der Waals surface area contributed by atoms with Crippen molar-refractivity contribution < 1.29 is 9.31 Å². The zero-order valence-corrected chi connectivity index (χ0v) is 28.0. The first-order chi connectivity index (χ1) is 20.9. The fourth-order valence-corrected chi connectivity index (χ4v) is 14.5. The molecule has 4 aromatic carbocycles. The van der Waals surface area contributed by atoms with Crippen molar-refractivity contribution in [3.8, 4) is 5.75 Å². The second kappa shape index (κ2) is 13.9. The van der Waals surface area contributed by atoms with Crippen LogP contribution in [0.1, 0.15) is 37.4 Å². The Morgan fingerprint density at radius 3 is 1.77 bits per heavy atom. The first-order valence-corrected chi connectivity index (χ1v) is 20.1. The molecule has 224 valence electrons. The molecule has 0 saturated carbocycles. The topological polar surface area (TPSA) is 74.7 Å². The van der Waals surface area contributed by atoms with Crippen LogP contribution in [-0.4, -0.2) is 43.4 Å². The van der Waals surface area contributed by atoms with E-state index in [9.17, 15) is 0 Å². The van der Waals surface area contributed by atoms with E-state index >= 15 is 0 Å². The number of hydrogen-bond acceptors (Lipinski definition) is 3. The maximum absolute atomic E-state index is 6.10. The van der Waals surface area contributed by atoms with E-state index in [1.165, 1.54) is 22.3 Å². The van der Waals surface area contributed by atoms with Gasteiger partial charge in [-0.15, -0.1) is 0 Å². The SMILES string of the molecule is C[N+](C)=C1NC(N)=NC(c2ccc(OCCCCCCP(I)(c3ccccc3)(c3ccccc3)c3ccccc3)cc2)N1. The Morgan fingerprint density at radius 2 is 1.26 bits per heavy atom. The molecule has 0 saturated heterocycles. The van der Waals surface area contributed by atoms with Gasteiger partial charge in [0.15, 0.2) is 0 Å². The van der Waals surface area contributed by atoms with Gasteiger partial charge in [0.05, 0.1) is 14.1 Å². The molecule has 4 N–H and O–H groups in total. The number of benzene rings is 4. The van der Waals surface area contributed by atoms with Gasteiger partial charge in [0.2, 0.25) is 0 Å². The van der Waals surface area contributed by atoms with Gasteiger partial charge in [0.1, 0.15) is 0 Å². The smallest absolute Gasteiger partial charge is 0.251 e. The molecule has 0 aliphatic carbocycles. The Balaban J connectivity index is 1.19. The average Bonchev–Trinajstić information content (AvgIpc) is 3.05. The Hall–Kier alpha value is -3.42. The van der Waals surface area contributed by atoms with Gasteiger partial charge in [-0.2, -0.15) is 4.99 Å². The van der Waals surface area contributed by atoms with Crippen LogP contribution in [0.4, 0.5) is 0 Å². The molecule has 1 heterocycles. The van der Waals surface area contributed by atoms with E-state index < -0.39 is 4.25 Å². The Labute approximate surface area is 268 Å². The van der Waals surface area contributed by atoms with Gasteiger partial charge in [-0.3, -0.25) is 9.89 Å². The van der Waals surface area contributed by atoms with Crippen molar-refractivity contribution in [1.82, 2.24) is 10.6 Å². The van der Waals surface area contributed by atoms with Crippen molar-refractivity contribution in [1.29, 1.82) is 0 Å². The van der Waals surface area contributed by atoms with Gasteiger partial charge >= 0.3 is 224 Å². The van der Waals surface area contributed by atoms with E-state index in [-0.39, 0.29) is 6.17 Å². The van der Waals surface area contributed by atoms with Crippen LogP contribution in [0.3, 0.4) is 0 Å². The van der Waals surface area contributed by atoms with Crippen molar-refractivity contribution in [2.45, 2.75) is 31.8 Å². The zero-order valence-electron chi connectivity index (χ0n) is 25.0. The summed E-state index contributed by atoms with van der Waals surface area (Å²) in [6.07, 6.45) is 5.40. The number of nitrogens with zero attached hydrogens (tertiary/aromatic N) is 2. The van der Waals surface area contributed by atoms with Crippen LogP contribution in [0, 0.1) is 0 Å². The number of ether oxygens (including phenoxy) is 1. The van der Waals surface area contributed by atoms with Crippen LogP contribution >= 0.6 is 26.3 Å². The van der Waals surface area contributed by atoms with E-state index in [1.807, 2.05) is 42.9 Å². The van der Waals surface area contributed by atoms with E-state index in [4.69, 9.17) is 10.5 Å². The third kappa shape index (κ3) is 6.89. The molecule has 0 radical (unpaired) electrons. The van der Waals surface area contributed by atoms with E-state index in [1.54, 1.807) is 0 Å². The molecule has 1 aliphatic rings. The van der Waals surface area contributed by atoms with E-state index in [2.05, 4.69) is 129 Å². The number of nitrogens with one attached hydrogen (secondary N) is 2. The predicted octanol–water partition coefficient (Wildman–Crippen LogP) is 5.64. The monoisotopic (exact) mass is 706 g/mol. The van der Waals surface area contributed by atoms with Gasteiger partial charge in [-0.05, 0) is 0 Å². The van der Waals surface area contributed by atoms with Crippen LogP contribution < -0.4 is 37.0 Å². The summed E-state index contributed by atoms with van der Waals surface area (Å²) < 4.78 is 5.36. The van der Waals surface area contributed by atoms with Gasteiger partial charge in [-0.1, -0.05) is 0 Å². The standard InChI is InChI=1S/C35H41IN5OP/c1-41(2)35-39-33(38-34(37)40-35)28-22-24-29(25-23-28)42-26-14-3-4-15-27-43(36,30-16-8-5-9-17-30,31-18-10-6-11-19-31)32-20-12-7-13-21-32/h5-13,16-25,33H,3-4,14-15,26-27H2,1-2H3,(H3,37,38,39,40)/p+1. The van der Waals surface area contributed by atoms with Crippen LogP contribution in [-0.2, 0) is 0 Å². The Kier molecular flexibility index (Phi) is 10.0. The Morgan fingerprint density at radius 1 is 0.744 bits per heavy atom. The maximum atomic E-state index is 6.10. The summed E-state index contributed by atoms with van der Waals surface area (Å²) in [5, 5.41) is 10.7. The molecule has 0 spiro atoms. The second-order valence-electron chi connectivity index (χ2n) is 11.2. The van der Waals surface area contributed by atoms with Crippen LogP contribution in [0.15, 0.2) is 120 Å². The molecule has 43 heavy (non-hydrogen) atoms. The second-order valence-corrected chi connectivity index (χ2v) is 21.9. The molecular weight excluding hydrogens is 664 g/mol. The van der Waals surface area contributed by atoms with Crippen LogP contribution in [0.25, 0.3) is 0 Å². The van der Waals surface area contributed by atoms with Crippen LogP contribution in [0.5, 0.6) is 5.75 Å². The summed E-state index contributed by atoms with van der Waals surface area (Å²) in [7, 11) is 3.91. The van der Waals surface area contributed by atoms with Crippen molar-refractivity contribution in [2.24, 2.45) is 10.7 Å². The van der Waals surface area contributed by atoms with Gasteiger partial charge in [0.25, 0.3) is 5.96 Å². The molecule has 0 aromatic heterocycles. The first-order valence-electron chi connectivity index (χ1n) is 14.9. The molecule has 0 amide bonds. The Bertz CT molecular complexity index is 1440. The average molecular weight is 707 g/mol. The summed E-state index contributed by atoms with van der Waals surface area (Å²) in [5.41, 5.74) is 7.02. The fraction of sp³-hybridized carbons (Fsp3) is 0.257. The number of halogens is 1. The molecule has 6 nitrogen and oxygen atoms in total. The largest absolute Gasteiger partial charge is 0.251 e. The quantitative estimate of drug-likeness (QED) is 0.0773. The number of rotatable bonds is 12. The fourth-order valence-electron chi connectivity index (χ4n) is 5.74. The molecule has 4 aromatic rings. The third-order valence-electron chi connectivity index (χ3n) is 8.06. The van der Waals surface area contributed by atoms with Crippen molar-refractivity contribution >= 4 is 54.1 Å². The first kappa shape index (κ1) is 31.0. The van der Waals surface area contributed by atoms with Gasteiger partial charge in [0, 0.05) is 0 Å². The number of aliphatic imine (C=N–C) groups is 1. The van der Waals surface area contributed by atoms with Gasteiger partial charge < -0.3 is 5.73 Å². The number of hydrogen-bond donors (Lipinski definition) is 3. The molecule has 0 fully saturated rings. The molecule has 1 unspecified atom stereocenters. The molecule has 8 heteroatoms. The summed E-state index contributed by atoms with van der Waals surface area (Å²) in [6, 6.07) is 41.7. The van der Waals surface area contributed by atoms with Crippen LogP contribution in [0.2, 0.25) is 0 Å². The summed E-state index contributed by atoms with van der Waals surface area (Å²) in [6.45, 7) is 0.707. The number of guanidine groups is 2. The summed E-state index contributed by atoms with van der Waals surface area (Å²) in [4.78, 5) is 4.48. The minimum atomic E-state index is -2.69. The molecule has 5 rings (SSSR count). The normalized spacial score (nSPS) is 15.8. The van der Waals surface area contributed by atoms with E-state index in [0.717, 1.165) is 42.7 Å².